The third-order valence-electron chi connectivity index (χ3n) is 6.82. The fraction of sp³-hybridized carbons (Fsp3) is 0.364. The zero-order chi connectivity index (χ0) is 31.5. The first kappa shape index (κ1) is 33.2. The van der Waals surface area contributed by atoms with Gasteiger partial charge in [-0.25, -0.2) is 8.78 Å². The van der Waals surface area contributed by atoms with Gasteiger partial charge in [-0.15, -0.1) is 0 Å². The molecule has 3 amide bonds. The molecule has 0 aliphatic heterocycles. The standard InChI is InChI=1S/C33H39F2N3O5/c1-5-10-38(11-6-2)33(42)25-13-21(3)12-24(17-25)32(41)37-29(16-22-14-26(34)19-27(35)15-22)30(39)20-36-31(40)23-8-7-9-28(18-23)43-4/h7-9,12-15,17-19,29-30,39H,5-6,10-11,16,20H2,1-4H3,(H,36,40)(H,37,41)/t29-,30+/m1/s1. The van der Waals surface area contributed by atoms with Crippen LogP contribution in [0.3, 0.4) is 0 Å². The molecule has 0 fully saturated rings. The maximum Gasteiger partial charge on any atom is 0.253 e. The van der Waals surface area contributed by atoms with Crippen molar-refractivity contribution in [2.45, 2.75) is 52.2 Å². The van der Waals surface area contributed by atoms with E-state index in [1.807, 2.05) is 13.8 Å². The number of halogens is 2. The summed E-state index contributed by atoms with van der Waals surface area (Å²) in [6, 6.07) is 13.2. The van der Waals surface area contributed by atoms with E-state index < -0.39 is 35.6 Å². The molecule has 2 atom stereocenters. The number of hydrogen-bond acceptors (Lipinski definition) is 5. The molecule has 3 rings (SSSR count). The topological polar surface area (TPSA) is 108 Å². The van der Waals surface area contributed by atoms with Crippen LogP contribution in [0.1, 0.15) is 68.9 Å². The van der Waals surface area contributed by atoms with Crippen molar-refractivity contribution in [1.82, 2.24) is 15.5 Å². The lowest BCUT2D eigenvalue weighted by Crippen LogP contribution is -2.49. The summed E-state index contributed by atoms with van der Waals surface area (Å²) in [6.45, 7) is 6.65. The normalized spacial score (nSPS) is 12.3. The fourth-order valence-corrected chi connectivity index (χ4v) is 4.80. The molecule has 0 radical (unpaired) electrons. The van der Waals surface area contributed by atoms with Gasteiger partial charge in [0.05, 0.1) is 19.3 Å². The first-order valence-electron chi connectivity index (χ1n) is 14.3. The largest absolute Gasteiger partial charge is 0.497 e. The van der Waals surface area contributed by atoms with Crippen LogP contribution in [-0.4, -0.2) is 66.6 Å². The Balaban J connectivity index is 1.84. The quantitative estimate of drug-likeness (QED) is 0.251. The van der Waals surface area contributed by atoms with Gasteiger partial charge in [0.2, 0.25) is 0 Å². The van der Waals surface area contributed by atoms with Crippen molar-refractivity contribution in [3.63, 3.8) is 0 Å². The Labute approximate surface area is 251 Å². The fourth-order valence-electron chi connectivity index (χ4n) is 4.80. The summed E-state index contributed by atoms with van der Waals surface area (Å²) in [4.78, 5) is 41.2. The molecule has 43 heavy (non-hydrogen) atoms. The predicted molar refractivity (Wildman–Crippen MR) is 160 cm³/mol. The summed E-state index contributed by atoms with van der Waals surface area (Å²) in [5, 5.41) is 16.5. The number of benzene rings is 3. The maximum absolute atomic E-state index is 14.0. The molecule has 3 aromatic carbocycles. The highest BCUT2D eigenvalue weighted by molar-refractivity contribution is 6.00. The molecule has 0 saturated heterocycles. The number of hydrogen-bond donors (Lipinski definition) is 3. The number of aliphatic hydroxyl groups is 1. The van der Waals surface area contributed by atoms with Gasteiger partial charge in [-0.3, -0.25) is 14.4 Å². The van der Waals surface area contributed by atoms with Crippen molar-refractivity contribution >= 4 is 17.7 Å². The lowest BCUT2D eigenvalue weighted by atomic mass is 9.99. The van der Waals surface area contributed by atoms with E-state index in [0.29, 0.717) is 35.5 Å². The molecule has 3 N–H and O–H groups in total. The van der Waals surface area contributed by atoms with Crippen molar-refractivity contribution in [2.75, 3.05) is 26.7 Å². The van der Waals surface area contributed by atoms with Crippen LogP contribution in [0.15, 0.2) is 60.7 Å². The first-order valence-corrected chi connectivity index (χ1v) is 14.3. The third-order valence-corrected chi connectivity index (χ3v) is 6.82. The van der Waals surface area contributed by atoms with Gasteiger partial charge >= 0.3 is 0 Å². The Kier molecular flexibility index (Phi) is 12.2. The molecular weight excluding hydrogens is 556 g/mol. The molecule has 0 bridgehead atoms. The minimum atomic E-state index is -1.33. The van der Waals surface area contributed by atoms with Gasteiger partial charge in [-0.05, 0) is 85.8 Å². The number of rotatable bonds is 14. The molecule has 0 aliphatic rings. The molecule has 0 heterocycles. The van der Waals surface area contributed by atoms with Crippen LogP contribution in [0, 0.1) is 18.6 Å². The molecule has 0 aromatic heterocycles. The molecule has 8 nitrogen and oxygen atoms in total. The van der Waals surface area contributed by atoms with Crippen molar-refractivity contribution in [2.24, 2.45) is 0 Å². The van der Waals surface area contributed by atoms with E-state index in [9.17, 15) is 28.3 Å². The van der Waals surface area contributed by atoms with E-state index in [-0.39, 0.29) is 30.0 Å². The van der Waals surface area contributed by atoms with Crippen LogP contribution in [0.25, 0.3) is 0 Å². The van der Waals surface area contributed by atoms with E-state index in [0.717, 1.165) is 31.0 Å². The molecule has 0 spiro atoms. The number of carbonyl (C=O) groups is 3. The Morgan fingerprint density at radius 3 is 2.16 bits per heavy atom. The summed E-state index contributed by atoms with van der Waals surface area (Å²) in [7, 11) is 1.47. The number of amides is 3. The summed E-state index contributed by atoms with van der Waals surface area (Å²) in [5.41, 5.74) is 1.76. The summed E-state index contributed by atoms with van der Waals surface area (Å²) in [6.07, 6.45) is 0.119. The van der Waals surface area contributed by atoms with Crippen LogP contribution < -0.4 is 15.4 Å². The smallest absolute Gasteiger partial charge is 0.253 e. The number of aryl methyl sites for hydroxylation is 1. The van der Waals surface area contributed by atoms with Crippen molar-refractivity contribution < 1.29 is 33.0 Å². The van der Waals surface area contributed by atoms with Gasteiger partial charge in [0.25, 0.3) is 17.7 Å². The Hall–Kier alpha value is -4.31. The monoisotopic (exact) mass is 595 g/mol. The highest BCUT2D eigenvalue weighted by Crippen LogP contribution is 2.17. The van der Waals surface area contributed by atoms with E-state index in [1.54, 1.807) is 42.2 Å². The Morgan fingerprint density at radius 2 is 1.53 bits per heavy atom. The minimum Gasteiger partial charge on any atom is -0.497 e. The molecule has 3 aromatic rings. The van der Waals surface area contributed by atoms with Crippen molar-refractivity contribution in [3.05, 3.63) is 100 Å². The molecular formula is C33H39F2N3O5. The minimum absolute atomic E-state index is 0.130. The van der Waals surface area contributed by atoms with E-state index in [4.69, 9.17) is 4.74 Å². The molecule has 0 unspecified atom stereocenters. The second kappa shape index (κ2) is 15.8. The van der Waals surface area contributed by atoms with Crippen LogP contribution in [0.2, 0.25) is 0 Å². The molecule has 10 heteroatoms. The van der Waals surface area contributed by atoms with Crippen molar-refractivity contribution in [3.8, 4) is 5.75 Å². The third kappa shape index (κ3) is 9.61. The maximum atomic E-state index is 14.0. The number of aliphatic hydroxyl groups excluding tert-OH is 1. The van der Waals surface area contributed by atoms with Gasteiger partial charge in [-0.2, -0.15) is 0 Å². The Bertz CT molecular complexity index is 1410. The zero-order valence-electron chi connectivity index (χ0n) is 25.0. The molecule has 230 valence electrons. The van der Waals surface area contributed by atoms with Crippen LogP contribution in [-0.2, 0) is 6.42 Å². The zero-order valence-corrected chi connectivity index (χ0v) is 25.0. The Morgan fingerprint density at radius 1 is 0.884 bits per heavy atom. The number of methoxy groups -OCH3 is 1. The van der Waals surface area contributed by atoms with Crippen LogP contribution in [0.4, 0.5) is 8.78 Å². The average Bonchev–Trinajstić information content (AvgIpc) is 2.98. The number of nitrogens with zero attached hydrogens (tertiary/aromatic N) is 1. The van der Waals surface area contributed by atoms with E-state index in [1.165, 1.54) is 19.2 Å². The van der Waals surface area contributed by atoms with Gasteiger partial charge in [0.15, 0.2) is 0 Å². The summed E-state index contributed by atoms with van der Waals surface area (Å²) >= 11 is 0. The lowest BCUT2D eigenvalue weighted by molar-refractivity contribution is 0.0755. The number of nitrogens with one attached hydrogen (secondary N) is 2. The average molecular weight is 596 g/mol. The van der Waals surface area contributed by atoms with Crippen LogP contribution >= 0.6 is 0 Å². The number of carbonyl (C=O) groups excluding carboxylic acids is 3. The van der Waals surface area contributed by atoms with Gasteiger partial charge < -0.3 is 25.4 Å². The number of ether oxygens (including phenoxy) is 1. The highest BCUT2D eigenvalue weighted by Gasteiger charge is 2.25. The van der Waals surface area contributed by atoms with Crippen LogP contribution in [0.5, 0.6) is 5.75 Å². The SMILES string of the molecule is CCCN(CCC)C(=O)c1cc(C)cc(C(=O)N[C@H](Cc2cc(F)cc(F)c2)[C@@H](O)CNC(=O)c2cccc(OC)c2)c1. The molecule has 0 aliphatic carbocycles. The first-order chi connectivity index (χ1) is 20.5. The van der Waals surface area contributed by atoms with Gasteiger partial charge in [0, 0.05) is 42.4 Å². The summed E-state index contributed by atoms with van der Waals surface area (Å²) in [5.74, 6) is -2.37. The summed E-state index contributed by atoms with van der Waals surface area (Å²) < 4.78 is 33.1. The lowest BCUT2D eigenvalue weighted by Gasteiger charge is -2.25. The van der Waals surface area contributed by atoms with E-state index >= 15 is 0 Å². The second-order valence-electron chi connectivity index (χ2n) is 10.5. The van der Waals surface area contributed by atoms with E-state index in [2.05, 4.69) is 10.6 Å². The van der Waals surface area contributed by atoms with Gasteiger partial charge in [0.1, 0.15) is 17.4 Å². The highest BCUT2D eigenvalue weighted by atomic mass is 19.1. The predicted octanol–water partition coefficient (Wildman–Crippen LogP) is 4.68. The second-order valence-corrected chi connectivity index (χ2v) is 10.5. The van der Waals surface area contributed by atoms with Gasteiger partial charge in [-0.1, -0.05) is 19.9 Å². The van der Waals surface area contributed by atoms with Crippen molar-refractivity contribution in [1.29, 1.82) is 0 Å². The molecule has 0 saturated carbocycles.